The molecule has 2 rings (SSSR count). The number of benzene rings is 2. The van der Waals surface area contributed by atoms with Gasteiger partial charge in [-0.2, -0.15) is 0 Å². The highest BCUT2D eigenvalue weighted by atomic mass is 28.4. The Morgan fingerprint density at radius 2 is 1.45 bits per heavy atom. The molecule has 0 bridgehead atoms. The molecule has 0 unspecified atom stereocenters. The monoisotopic (exact) mass is 440 g/mol. The fourth-order valence-electron chi connectivity index (χ4n) is 3.79. The molecule has 1 atom stereocenters. The maximum absolute atomic E-state index is 6.89. The maximum atomic E-state index is 6.89. The second-order valence-electron chi connectivity index (χ2n) is 8.24. The number of methoxy groups -OCH3 is 1. The van der Waals surface area contributed by atoms with Crippen molar-refractivity contribution in [1.29, 1.82) is 0 Å². The van der Waals surface area contributed by atoms with Gasteiger partial charge in [-0.25, -0.2) is 0 Å². The fourth-order valence-corrected chi connectivity index (χ4v) is 6.62. The molecule has 170 valence electrons. The first-order valence-electron chi connectivity index (χ1n) is 11.6. The van der Waals surface area contributed by atoms with Crippen LogP contribution < -0.4 is 0 Å². The predicted octanol–water partition coefficient (Wildman–Crippen LogP) is 7.37. The van der Waals surface area contributed by atoms with Crippen LogP contribution in [0.5, 0.6) is 0 Å². The van der Waals surface area contributed by atoms with Crippen LogP contribution in [0.25, 0.3) is 0 Å². The zero-order valence-corrected chi connectivity index (χ0v) is 21.0. The molecule has 4 heteroatoms. The minimum absolute atomic E-state index is 0.142. The van der Waals surface area contributed by atoms with E-state index in [1.807, 2.05) is 0 Å². The van der Waals surface area contributed by atoms with Gasteiger partial charge in [-0.15, -0.1) is 0 Å². The zero-order chi connectivity index (χ0) is 22.5. The summed E-state index contributed by atoms with van der Waals surface area (Å²) in [5.74, 6) is 0. The molecular weight excluding hydrogens is 400 g/mol. The molecule has 0 saturated carbocycles. The molecular formula is C27H40O3Si. The Morgan fingerprint density at radius 1 is 0.839 bits per heavy atom. The van der Waals surface area contributed by atoms with Crippen molar-refractivity contribution >= 4 is 8.32 Å². The van der Waals surface area contributed by atoms with Crippen molar-refractivity contribution in [2.75, 3.05) is 13.9 Å². The Balaban J connectivity index is 2.00. The van der Waals surface area contributed by atoms with Gasteiger partial charge in [0.05, 0.1) is 12.7 Å². The Morgan fingerprint density at radius 3 is 2.03 bits per heavy atom. The fraction of sp³-hybridized carbons (Fsp3) is 0.481. The van der Waals surface area contributed by atoms with Gasteiger partial charge in [-0.3, -0.25) is 0 Å². The van der Waals surface area contributed by atoms with Gasteiger partial charge in [-0.1, -0.05) is 87.0 Å². The summed E-state index contributed by atoms with van der Waals surface area (Å²) in [6, 6.07) is 21.0. The molecule has 2 aromatic carbocycles. The minimum atomic E-state index is -1.68. The van der Waals surface area contributed by atoms with E-state index >= 15 is 0 Å². The van der Waals surface area contributed by atoms with Gasteiger partial charge >= 0.3 is 0 Å². The summed E-state index contributed by atoms with van der Waals surface area (Å²) in [6.07, 6.45) is 6.55. The van der Waals surface area contributed by atoms with E-state index in [1.54, 1.807) is 7.11 Å². The number of rotatable bonds is 14. The van der Waals surface area contributed by atoms with Crippen LogP contribution in [0.3, 0.4) is 0 Å². The number of ether oxygens (including phenoxy) is 2. The minimum Gasteiger partial charge on any atom is -0.410 e. The topological polar surface area (TPSA) is 27.7 Å². The van der Waals surface area contributed by atoms with Crippen molar-refractivity contribution in [2.24, 2.45) is 0 Å². The summed E-state index contributed by atoms with van der Waals surface area (Å²) in [5.41, 5.74) is 5.05. The first-order chi connectivity index (χ1) is 15.1. The Kier molecular flexibility index (Phi) is 11.2. The van der Waals surface area contributed by atoms with Crippen LogP contribution in [-0.4, -0.2) is 22.2 Å². The van der Waals surface area contributed by atoms with E-state index < -0.39 is 8.32 Å². The molecule has 0 amide bonds. The molecule has 0 aliphatic heterocycles. The SMILES string of the molecule is CC[Si](CC)(CC)O[C@@H](C/C=C\Cc1ccc(COCOC)cc1)c1ccc(C)cc1. The lowest BCUT2D eigenvalue weighted by molar-refractivity contribution is -0.0390. The third-order valence-electron chi connectivity index (χ3n) is 6.14. The molecule has 0 aliphatic rings. The molecule has 31 heavy (non-hydrogen) atoms. The van der Waals surface area contributed by atoms with Crippen molar-refractivity contribution in [3.05, 3.63) is 82.9 Å². The van der Waals surface area contributed by atoms with Crippen molar-refractivity contribution in [3.63, 3.8) is 0 Å². The largest absolute Gasteiger partial charge is 0.410 e. The van der Waals surface area contributed by atoms with Crippen LogP contribution in [0.4, 0.5) is 0 Å². The van der Waals surface area contributed by atoms with E-state index in [-0.39, 0.29) is 6.10 Å². The highest BCUT2D eigenvalue weighted by Crippen LogP contribution is 2.32. The molecule has 0 fully saturated rings. The third-order valence-corrected chi connectivity index (χ3v) is 10.8. The lowest BCUT2D eigenvalue weighted by Crippen LogP contribution is -2.37. The van der Waals surface area contributed by atoms with Crippen LogP contribution in [0.2, 0.25) is 18.1 Å². The lowest BCUT2D eigenvalue weighted by Gasteiger charge is -2.33. The zero-order valence-electron chi connectivity index (χ0n) is 20.0. The second kappa shape index (κ2) is 13.6. The van der Waals surface area contributed by atoms with Gasteiger partial charge < -0.3 is 13.9 Å². The highest BCUT2D eigenvalue weighted by molar-refractivity contribution is 6.73. The van der Waals surface area contributed by atoms with E-state index in [0.717, 1.165) is 18.4 Å². The summed E-state index contributed by atoms with van der Waals surface area (Å²) in [7, 11) is -0.0383. The molecule has 0 aromatic heterocycles. The van der Waals surface area contributed by atoms with Gasteiger partial charge in [-0.05, 0) is 54.6 Å². The van der Waals surface area contributed by atoms with Crippen LogP contribution in [-0.2, 0) is 26.9 Å². The van der Waals surface area contributed by atoms with Crippen LogP contribution >= 0.6 is 0 Å². The number of allylic oxidation sites excluding steroid dienone is 1. The molecule has 0 aliphatic carbocycles. The van der Waals surface area contributed by atoms with Crippen molar-refractivity contribution < 1.29 is 13.9 Å². The Labute approximate surface area is 190 Å². The first kappa shape index (κ1) is 25.5. The smallest absolute Gasteiger partial charge is 0.192 e. The van der Waals surface area contributed by atoms with Crippen molar-refractivity contribution in [1.82, 2.24) is 0 Å². The molecule has 3 nitrogen and oxygen atoms in total. The highest BCUT2D eigenvalue weighted by Gasteiger charge is 2.32. The van der Waals surface area contributed by atoms with Crippen molar-refractivity contribution in [3.8, 4) is 0 Å². The summed E-state index contributed by atoms with van der Waals surface area (Å²) in [4.78, 5) is 0. The number of aryl methyl sites for hydroxylation is 1. The lowest BCUT2D eigenvalue weighted by atomic mass is 10.0. The standard InChI is InChI=1S/C27H40O3Si/c1-6-31(7-2,8-3)30-27(26-19-13-23(4)14-20-26)12-10-9-11-24-15-17-25(18-16-24)21-29-22-28-5/h9-10,13-20,27H,6-8,11-12,21-22H2,1-5H3/b10-9-/t27-/m0/s1. The van der Waals surface area contributed by atoms with Crippen LogP contribution in [0, 0.1) is 6.92 Å². The van der Waals surface area contributed by atoms with E-state index in [9.17, 15) is 0 Å². The van der Waals surface area contributed by atoms with Gasteiger partial charge in [0.15, 0.2) is 8.32 Å². The molecule has 0 radical (unpaired) electrons. The van der Waals surface area contributed by atoms with E-state index in [0.29, 0.717) is 13.4 Å². The van der Waals surface area contributed by atoms with E-state index in [2.05, 4.69) is 88.4 Å². The van der Waals surface area contributed by atoms with Crippen LogP contribution in [0.15, 0.2) is 60.7 Å². The summed E-state index contributed by atoms with van der Waals surface area (Å²) in [5, 5.41) is 0. The van der Waals surface area contributed by atoms with Gasteiger partial charge in [0.25, 0.3) is 0 Å². The second-order valence-corrected chi connectivity index (χ2v) is 13.0. The average Bonchev–Trinajstić information content (AvgIpc) is 2.81. The Hall–Kier alpha value is -1.72. The maximum Gasteiger partial charge on any atom is 0.192 e. The summed E-state index contributed by atoms with van der Waals surface area (Å²) < 4.78 is 17.2. The average molecular weight is 441 g/mol. The molecule has 0 N–H and O–H groups in total. The van der Waals surface area contributed by atoms with Gasteiger partial charge in [0, 0.05) is 7.11 Å². The van der Waals surface area contributed by atoms with Gasteiger partial charge in [0.2, 0.25) is 0 Å². The molecule has 0 saturated heterocycles. The van der Waals surface area contributed by atoms with Crippen molar-refractivity contribution in [2.45, 2.75) is 71.4 Å². The summed E-state index contributed by atoms with van der Waals surface area (Å²) in [6.45, 7) is 9.93. The Bertz CT molecular complexity index is 756. The molecule has 2 aromatic rings. The number of hydrogen-bond acceptors (Lipinski definition) is 3. The third kappa shape index (κ3) is 8.38. The predicted molar refractivity (Wildman–Crippen MR) is 133 cm³/mol. The number of hydrogen-bond donors (Lipinski definition) is 0. The van der Waals surface area contributed by atoms with Crippen LogP contribution in [0.1, 0.15) is 55.5 Å². The van der Waals surface area contributed by atoms with Gasteiger partial charge in [0.1, 0.15) is 6.79 Å². The summed E-state index contributed by atoms with van der Waals surface area (Å²) >= 11 is 0. The quantitative estimate of drug-likeness (QED) is 0.133. The normalized spacial score (nSPS) is 13.1. The van der Waals surface area contributed by atoms with E-state index in [1.165, 1.54) is 34.8 Å². The van der Waals surface area contributed by atoms with E-state index in [4.69, 9.17) is 13.9 Å². The molecule has 0 spiro atoms. The molecule has 0 heterocycles. The first-order valence-corrected chi connectivity index (χ1v) is 14.1.